The van der Waals surface area contributed by atoms with Crippen molar-refractivity contribution < 1.29 is 0 Å². The predicted octanol–water partition coefficient (Wildman–Crippen LogP) is 3.01. The van der Waals surface area contributed by atoms with E-state index in [1.165, 1.54) is 25.7 Å². The van der Waals surface area contributed by atoms with E-state index in [0.717, 1.165) is 5.92 Å². The molecule has 0 bridgehead atoms. The summed E-state index contributed by atoms with van der Waals surface area (Å²) in [5, 5.41) is 0.507. The highest BCUT2D eigenvalue weighted by atomic mass is 14.3. The van der Waals surface area contributed by atoms with Gasteiger partial charge in [-0.1, -0.05) is 49.8 Å². The van der Waals surface area contributed by atoms with Gasteiger partial charge in [-0.25, -0.2) is 0 Å². The summed E-state index contributed by atoms with van der Waals surface area (Å²) >= 11 is 0. The van der Waals surface area contributed by atoms with E-state index in [0.29, 0.717) is 5.31 Å². The number of benzene rings is 1. The SMILES string of the molecule is BC1(C(C)C)CCCc2ccccc2C1. The first-order valence-corrected chi connectivity index (χ1v) is 6.18. The van der Waals surface area contributed by atoms with Crippen LogP contribution in [0.5, 0.6) is 0 Å². The second kappa shape index (κ2) is 4.04. The second-order valence-corrected chi connectivity index (χ2v) is 5.61. The molecule has 0 saturated heterocycles. The van der Waals surface area contributed by atoms with Gasteiger partial charge in [0.2, 0.25) is 0 Å². The summed E-state index contributed by atoms with van der Waals surface area (Å²) in [6.07, 6.45) is 5.27. The molecular weight excluding hydrogens is 179 g/mol. The smallest absolute Gasteiger partial charge is 0.0629 e. The molecule has 1 heteroatoms. The summed E-state index contributed by atoms with van der Waals surface area (Å²) in [5.41, 5.74) is 3.17. The normalized spacial score (nSPS) is 26.1. The average molecular weight is 200 g/mol. The van der Waals surface area contributed by atoms with Gasteiger partial charge in [-0.2, -0.15) is 0 Å². The number of rotatable bonds is 1. The van der Waals surface area contributed by atoms with E-state index in [4.69, 9.17) is 0 Å². The lowest BCUT2D eigenvalue weighted by atomic mass is 9.57. The van der Waals surface area contributed by atoms with Crippen LogP contribution >= 0.6 is 0 Å². The minimum absolute atomic E-state index is 0.507. The Bertz CT molecular complexity index is 343. The molecule has 1 unspecified atom stereocenters. The van der Waals surface area contributed by atoms with Crippen LogP contribution in [0.15, 0.2) is 24.3 Å². The predicted molar refractivity (Wildman–Crippen MR) is 69.2 cm³/mol. The van der Waals surface area contributed by atoms with Gasteiger partial charge in [0.15, 0.2) is 0 Å². The topological polar surface area (TPSA) is 0 Å². The maximum absolute atomic E-state index is 2.46. The summed E-state index contributed by atoms with van der Waals surface area (Å²) in [5.74, 6) is 0.781. The van der Waals surface area contributed by atoms with Gasteiger partial charge in [0.25, 0.3) is 0 Å². The number of hydrogen-bond acceptors (Lipinski definition) is 0. The Labute approximate surface area is 94.5 Å². The minimum atomic E-state index is 0.507. The van der Waals surface area contributed by atoms with Crippen molar-refractivity contribution in [2.75, 3.05) is 0 Å². The van der Waals surface area contributed by atoms with E-state index in [-0.39, 0.29) is 0 Å². The molecule has 0 amide bonds. The third-order valence-corrected chi connectivity index (χ3v) is 4.30. The standard InChI is InChI=1S/C14H21B/c1-11(2)14(15)9-5-8-12-6-3-4-7-13(12)10-14/h3-4,6-7,11H,5,8-10,15H2,1-2H3. The molecule has 0 heterocycles. The first kappa shape index (κ1) is 10.8. The molecule has 1 aromatic carbocycles. The van der Waals surface area contributed by atoms with Crippen LogP contribution in [-0.2, 0) is 12.8 Å². The van der Waals surface area contributed by atoms with Gasteiger partial charge in [0.1, 0.15) is 7.85 Å². The minimum Gasteiger partial charge on any atom is -0.0629 e. The molecule has 0 nitrogen and oxygen atoms in total. The summed E-state index contributed by atoms with van der Waals surface area (Å²) < 4.78 is 0. The lowest BCUT2D eigenvalue weighted by molar-refractivity contribution is 0.381. The van der Waals surface area contributed by atoms with E-state index >= 15 is 0 Å². The van der Waals surface area contributed by atoms with E-state index < -0.39 is 0 Å². The Kier molecular flexibility index (Phi) is 2.90. The van der Waals surface area contributed by atoms with Gasteiger partial charge >= 0.3 is 0 Å². The summed E-state index contributed by atoms with van der Waals surface area (Å²) in [6, 6.07) is 8.99. The molecule has 0 radical (unpaired) electrons. The van der Waals surface area contributed by atoms with Crippen LogP contribution in [0.4, 0.5) is 0 Å². The second-order valence-electron chi connectivity index (χ2n) is 5.61. The van der Waals surface area contributed by atoms with Crippen LogP contribution in [0.25, 0.3) is 0 Å². The highest BCUT2D eigenvalue weighted by molar-refractivity contribution is 6.15. The summed E-state index contributed by atoms with van der Waals surface area (Å²) in [4.78, 5) is 0. The molecule has 2 rings (SSSR count). The van der Waals surface area contributed by atoms with Crippen molar-refractivity contribution in [1.82, 2.24) is 0 Å². The molecule has 15 heavy (non-hydrogen) atoms. The fraction of sp³-hybridized carbons (Fsp3) is 0.571. The third-order valence-electron chi connectivity index (χ3n) is 4.30. The molecule has 1 aromatic rings. The van der Waals surface area contributed by atoms with Crippen molar-refractivity contribution in [1.29, 1.82) is 0 Å². The Balaban J connectivity index is 2.32. The Morgan fingerprint density at radius 2 is 1.87 bits per heavy atom. The number of fused-ring (bicyclic) bond motifs is 1. The molecule has 1 aliphatic carbocycles. The van der Waals surface area contributed by atoms with Crippen LogP contribution in [0.2, 0.25) is 5.31 Å². The zero-order valence-electron chi connectivity index (χ0n) is 10.2. The van der Waals surface area contributed by atoms with Crippen molar-refractivity contribution in [3.63, 3.8) is 0 Å². The van der Waals surface area contributed by atoms with E-state index in [1.807, 2.05) is 0 Å². The third kappa shape index (κ3) is 2.11. The van der Waals surface area contributed by atoms with Crippen molar-refractivity contribution in [3.05, 3.63) is 35.4 Å². The van der Waals surface area contributed by atoms with Crippen molar-refractivity contribution in [2.45, 2.75) is 44.8 Å². The quantitative estimate of drug-likeness (QED) is 0.482. The van der Waals surface area contributed by atoms with Crippen molar-refractivity contribution >= 4 is 7.85 Å². The molecule has 0 spiro atoms. The van der Waals surface area contributed by atoms with Crippen LogP contribution in [0, 0.1) is 5.92 Å². The molecule has 0 N–H and O–H groups in total. The van der Waals surface area contributed by atoms with Crippen LogP contribution in [0.3, 0.4) is 0 Å². The van der Waals surface area contributed by atoms with Crippen LogP contribution < -0.4 is 0 Å². The average Bonchev–Trinajstić information content (AvgIpc) is 2.36. The summed E-state index contributed by atoms with van der Waals surface area (Å²) in [7, 11) is 2.46. The van der Waals surface area contributed by atoms with Gasteiger partial charge in [-0.15, -0.1) is 0 Å². The monoisotopic (exact) mass is 200 g/mol. The van der Waals surface area contributed by atoms with Gasteiger partial charge in [-0.3, -0.25) is 0 Å². The first-order valence-electron chi connectivity index (χ1n) is 6.18. The van der Waals surface area contributed by atoms with Gasteiger partial charge in [0, 0.05) is 0 Å². The van der Waals surface area contributed by atoms with E-state index in [9.17, 15) is 0 Å². The molecule has 0 aliphatic heterocycles. The van der Waals surface area contributed by atoms with E-state index in [2.05, 4.69) is 46.0 Å². The van der Waals surface area contributed by atoms with Gasteiger partial charge < -0.3 is 0 Å². The molecule has 0 fully saturated rings. The number of hydrogen-bond donors (Lipinski definition) is 0. The zero-order chi connectivity index (χ0) is 10.9. The molecule has 80 valence electrons. The lowest BCUT2D eigenvalue weighted by Gasteiger charge is -2.33. The Morgan fingerprint density at radius 1 is 1.20 bits per heavy atom. The van der Waals surface area contributed by atoms with Gasteiger partial charge in [0.05, 0.1) is 0 Å². The lowest BCUT2D eigenvalue weighted by Crippen LogP contribution is -2.22. The fourth-order valence-electron chi connectivity index (χ4n) is 2.67. The fourth-order valence-corrected chi connectivity index (χ4v) is 2.67. The van der Waals surface area contributed by atoms with Gasteiger partial charge in [-0.05, 0) is 36.3 Å². The number of aryl methyl sites for hydroxylation is 1. The highest BCUT2D eigenvalue weighted by Gasteiger charge is 2.30. The van der Waals surface area contributed by atoms with E-state index in [1.54, 1.807) is 11.1 Å². The maximum atomic E-state index is 2.46. The highest BCUT2D eigenvalue weighted by Crippen LogP contribution is 2.43. The molecular formula is C14H21B. The maximum Gasteiger partial charge on any atom is 0.110 e. The Morgan fingerprint density at radius 3 is 2.53 bits per heavy atom. The zero-order valence-corrected chi connectivity index (χ0v) is 10.2. The largest absolute Gasteiger partial charge is 0.110 e. The van der Waals surface area contributed by atoms with Crippen LogP contribution in [-0.4, -0.2) is 7.85 Å². The molecule has 1 aliphatic rings. The molecule has 0 aromatic heterocycles. The Hall–Kier alpha value is -0.715. The summed E-state index contributed by atoms with van der Waals surface area (Å²) in [6.45, 7) is 4.74. The van der Waals surface area contributed by atoms with Crippen LogP contribution in [0.1, 0.15) is 37.8 Å². The van der Waals surface area contributed by atoms with Crippen molar-refractivity contribution in [2.24, 2.45) is 5.92 Å². The van der Waals surface area contributed by atoms with Crippen molar-refractivity contribution in [3.8, 4) is 0 Å². The molecule has 1 atom stereocenters. The first-order chi connectivity index (χ1) is 7.12. The molecule has 0 saturated carbocycles.